The second-order valence-corrected chi connectivity index (χ2v) is 26.9. The van der Waals surface area contributed by atoms with Crippen molar-refractivity contribution in [1.29, 1.82) is 0 Å². The first kappa shape index (κ1) is 69.0. The molecule has 520 valence electrons. The topological polar surface area (TPSA) is 198 Å². The minimum Gasteiger partial charge on any atom is -0.350 e. The van der Waals surface area contributed by atoms with Crippen molar-refractivity contribution in [2.75, 3.05) is 85.9 Å². The summed E-state index contributed by atoms with van der Waals surface area (Å²) < 4.78 is 0. The summed E-state index contributed by atoms with van der Waals surface area (Å²) in [6.45, 7) is 21.8. The number of aromatic nitrogens is 9. The van der Waals surface area contributed by atoms with Crippen LogP contribution in [-0.2, 0) is 39.3 Å². The summed E-state index contributed by atoms with van der Waals surface area (Å²) in [4.78, 5) is 52.5. The van der Waals surface area contributed by atoms with Crippen LogP contribution in [0.1, 0.15) is 152 Å². The van der Waals surface area contributed by atoms with Gasteiger partial charge in [-0.3, -0.25) is 0 Å². The Kier molecular flexibility index (Phi) is 22.9. The third-order valence-corrected chi connectivity index (χ3v) is 19.3. The molecule has 0 aliphatic rings. The van der Waals surface area contributed by atoms with Crippen molar-refractivity contribution in [3.8, 4) is 0 Å². The molecule has 13 rings (SSSR count). The van der Waals surface area contributed by atoms with Crippen molar-refractivity contribution >= 4 is 118 Å². The van der Waals surface area contributed by atoms with E-state index in [0.29, 0.717) is 92.8 Å². The van der Waals surface area contributed by atoms with Crippen LogP contribution in [0.15, 0.2) is 158 Å². The fourth-order valence-corrected chi connectivity index (χ4v) is 13.7. The average molecular weight is 1350 g/mol. The number of rotatable bonds is 39. The number of benzene rings is 10. The fourth-order valence-electron chi connectivity index (χ4n) is 13.7. The first-order valence-corrected chi connectivity index (χ1v) is 37.2. The van der Waals surface area contributed by atoms with Crippen LogP contribution in [0, 0.1) is 0 Å². The summed E-state index contributed by atoms with van der Waals surface area (Å²) in [5.74, 6) is 5.20. The minimum absolute atomic E-state index is 0.504. The summed E-state index contributed by atoms with van der Waals surface area (Å²) in [6.07, 6.45) is 12.7. The van der Waals surface area contributed by atoms with Crippen LogP contribution in [0.4, 0.5) is 53.5 Å². The van der Waals surface area contributed by atoms with E-state index in [0.717, 1.165) is 139 Å². The molecule has 0 radical (unpaired) electrons. The van der Waals surface area contributed by atoms with E-state index in [9.17, 15) is 0 Å². The fraction of sp³-hybridized carbons (Fsp3) is 0.361. The second kappa shape index (κ2) is 33.6. The molecule has 18 nitrogen and oxygen atoms in total. The number of nitrogens with zero attached hydrogens (tertiary/aromatic N) is 12. The van der Waals surface area contributed by atoms with E-state index in [1.54, 1.807) is 0 Å². The first-order valence-electron chi connectivity index (χ1n) is 37.2. The van der Waals surface area contributed by atoms with Gasteiger partial charge in [-0.15, -0.1) is 0 Å². The number of nitrogens with one attached hydrogen (secondary N) is 6. The molecular formula is C83H98N18. The molecule has 0 aliphatic heterocycles. The molecule has 0 aliphatic carbocycles. The lowest BCUT2D eigenvalue weighted by Crippen LogP contribution is -2.28. The van der Waals surface area contributed by atoms with Gasteiger partial charge in [0.05, 0.1) is 0 Å². The highest BCUT2D eigenvalue weighted by atomic mass is 15.4. The van der Waals surface area contributed by atoms with Gasteiger partial charge in [0.15, 0.2) is 0 Å². The molecular weight excluding hydrogens is 1250 g/mol. The standard InChI is InChI=1S/C83H98N18/c1-7-13-43-99(44-14-8-2)81-93-75(84-51-57-23-19-25-59(49-57)53-86-77-91-79(97-82(95-77)100(45-15-9-3)46-16-10-4)88-55-67-37-35-65-33-31-61-27-21-29-63-39-41-69(67)73(65)71(61)63)90-76(94-81)85-52-58-24-20-26-60(50-58)54-87-78-92-80(98-83(96-78)101(47-17-11-5)48-18-12-6)89-56-68-38-36-66-34-32-62-28-22-30-64-40-42-70(68)74(66)72(62)64/h19-42,49-50H,7-18,43-48,51-56H2,1-6H3,(H2,84,85,90,93,94)(H2,86,88,91,95,97)(H2,87,89,92,96,98). The summed E-state index contributed by atoms with van der Waals surface area (Å²) in [7, 11) is 0. The van der Waals surface area contributed by atoms with Crippen molar-refractivity contribution in [2.24, 2.45) is 0 Å². The van der Waals surface area contributed by atoms with Crippen LogP contribution in [0.2, 0.25) is 0 Å². The Morgan fingerprint density at radius 1 is 0.248 bits per heavy atom. The summed E-state index contributed by atoms with van der Waals surface area (Å²) >= 11 is 0. The lowest BCUT2D eigenvalue weighted by atomic mass is 9.92. The second-order valence-electron chi connectivity index (χ2n) is 26.9. The first-order chi connectivity index (χ1) is 49.7. The van der Waals surface area contributed by atoms with Crippen LogP contribution in [-0.4, -0.2) is 84.1 Å². The number of hydrogen-bond donors (Lipinski definition) is 6. The van der Waals surface area contributed by atoms with Gasteiger partial charge in [0, 0.05) is 78.5 Å². The van der Waals surface area contributed by atoms with Crippen LogP contribution < -0.4 is 46.6 Å². The number of hydrogen-bond acceptors (Lipinski definition) is 18. The van der Waals surface area contributed by atoms with Crippen LogP contribution in [0.5, 0.6) is 0 Å². The third-order valence-electron chi connectivity index (χ3n) is 19.3. The Bertz CT molecular complexity index is 4500. The molecule has 0 amide bonds. The monoisotopic (exact) mass is 1350 g/mol. The number of unbranched alkanes of at least 4 members (excludes halogenated alkanes) is 6. The molecule has 0 saturated heterocycles. The molecule has 0 spiro atoms. The quantitative estimate of drug-likeness (QED) is 0.0199. The van der Waals surface area contributed by atoms with Crippen LogP contribution in [0.3, 0.4) is 0 Å². The molecule has 3 aromatic heterocycles. The molecule has 10 aromatic carbocycles. The molecule has 18 heteroatoms. The lowest BCUT2D eigenvalue weighted by molar-refractivity contribution is 0.661. The Morgan fingerprint density at radius 2 is 0.485 bits per heavy atom. The van der Waals surface area contributed by atoms with Gasteiger partial charge in [-0.05, 0) is 137 Å². The van der Waals surface area contributed by atoms with Gasteiger partial charge in [0.1, 0.15) is 0 Å². The van der Waals surface area contributed by atoms with Crippen LogP contribution >= 0.6 is 0 Å². The van der Waals surface area contributed by atoms with E-state index in [4.69, 9.17) is 44.9 Å². The smallest absolute Gasteiger partial charge is 0.231 e. The normalized spacial score (nSPS) is 11.6. The molecule has 0 bridgehead atoms. The van der Waals surface area contributed by atoms with Crippen LogP contribution in [0.25, 0.3) is 64.6 Å². The predicted molar refractivity (Wildman–Crippen MR) is 423 cm³/mol. The third kappa shape index (κ3) is 16.9. The lowest BCUT2D eigenvalue weighted by Gasteiger charge is -2.23. The zero-order chi connectivity index (χ0) is 69.3. The molecule has 101 heavy (non-hydrogen) atoms. The van der Waals surface area contributed by atoms with E-state index >= 15 is 0 Å². The van der Waals surface area contributed by atoms with Crippen molar-refractivity contribution in [1.82, 2.24) is 44.9 Å². The molecule has 0 fully saturated rings. The maximum absolute atomic E-state index is 5.09. The summed E-state index contributed by atoms with van der Waals surface area (Å²) in [6, 6.07) is 57.1. The summed E-state index contributed by atoms with van der Waals surface area (Å²) in [5.41, 5.74) is 6.74. The molecule has 0 atom stereocenters. The zero-order valence-corrected chi connectivity index (χ0v) is 59.8. The molecule has 3 heterocycles. The Morgan fingerprint density at radius 3 is 0.762 bits per heavy atom. The molecule has 6 N–H and O–H groups in total. The predicted octanol–water partition coefficient (Wildman–Crippen LogP) is 18.9. The highest BCUT2D eigenvalue weighted by Gasteiger charge is 2.20. The Balaban J connectivity index is 0.696. The molecule has 0 unspecified atom stereocenters. The zero-order valence-electron chi connectivity index (χ0n) is 59.8. The maximum atomic E-state index is 5.09. The summed E-state index contributed by atoms with van der Waals surface area (Å²) in [5, 5.41) is 36.9. The van der Waals surface area contributed by atoms with Gasteiger partial charge in [0.2, 0.25) is 53.5 Å². The van der Waals surface area contributed by atoms with E-state index in [1.165, 1.54) is 75.8 Å². The Labute approximate surface area is 594 Å². The SMILES string of the molecule is CCCCN(CCCC)c1nc(NCc2cccc(CNc3nc(NCc4ccc5ccc6cccc7ccc4c5c67)nc(N(CCCC)CCCC)n3)c2)nc(NCc2cccc(CNc3nc(NCc4ccc5ccc6cccc7ccc4c5c67)nc(N(CCCC)CCCC)n3)c2)n1. The average Bonchev–Trinajstić information content (AvgIpc) is 0.748. The van der Waals surface area contributed by atoms with Crippen molar-refractivity contribution in [3.63, 3.8) is 0 Å². The highest BCUT2D eigenvalue weighted by Crippen LogP contribution is 2.38. The van der Waals surface area contributed by atoms with Gasteiger partial charge >= 0.3 is 0 Å². The number of anilines is 9. The highest BCUT2D eigenvalue weighted by molar-refractivity contribution is 6.24. The van der Waals surface area contributed by atoms with Gasteiger partial charge in [0.25, 0.3) is 0 Å². The minimum atomic E-state index is 0.504. The van der Waals surface area contributed by atoms with Gasteiger partial charge in [-0.1, -0.05) is 238 Å². The molecule has 13 aromatic rings. The van der Waals surface area contributed by atoms with Gasteiger partial charge in [-0.25, -0.2) is 0 Å². The van der Waals surface area contributed by atoms with E-state index in [2.05, 4.69) is 246 Å². The van der Waals surface area contributed by atoms with Gasteiger partial charge in [-0.2, -0.15) is 44.9 Å². The molecule has 0 saturated carbocycles. The van der Waals surface area contributed by atoms with Crippen molar-refractivity contribution in [2.45, 2.75) is 158 Å². The largest absolute Gasteiger partial charge is 0.350 e. The Hall–Kier alpha value is -10.5. The maximum Gasteiger partial charge on any atom is 0.231 e. The van der Waals surface area contributed by atoms with Crippen molar-refractivity contribution in [3.05, 3.63) is 191 Å². The van der Waals surface area contributed by atoms with E-state index < -0.39 is 0 Å². The van der Waals surface area contributed by atoms with Crippen molar-refractivity contribution < 1.29 is 0 Å². The van der Waals surface area contributed by atoms with Gasteiger partial charge < -0.3 is 46.6 Å². The van der Waals surface area contributed by atoms with E-state index in [1.807, 2.05) is 0 Å². The van der Waals surface area contributed by atoms with E-state index in [-0.39, 0.29) is 0 Å².